The zero-order valence-corrected chi connectivity index (χ0v) is 12.8. The Hall–Kier alpha value is -0.760. The van der Waals surface area contributed by atoms with Gasteiger partial charge in [0.05, 0.1) is 13.2 Å². The van der Waals surface area contributed by atoms with E-state index in [4.69, 9.17) is 16.3 Å². The van der Waals surface area contributed by atoms with Gasteiger partial charge in [0.25, 0.3) is 0 Å². The number of fused-ring (bicyclic) bond motifs is 1. The number of nitrogens with zero attached hydrogens (tertiary/aromatic N) is 1. The summed E-state index contributed by atoms with van der Waals surface area (Å²) < 4.78 is 7.69. The smallest absolute Gasteiger partial charge is 0.110 e. The van der Waals surface area contributed by atoms with Crippen LogP contribution in [0.4, 0.5) is 0 Å². The summed E-state index contributed by atoms with van der Waals surface area (Å²) in [4.78, 5) is 4.43. The maximum Gasteiger partial charge on any atom is 0.110 e. The number of rotatable bonds is 2. The van der Waals surface area contributed by atoms with Crippen molar-refractivity contribution in [1.82, 2.24) is 9.29 Å². The third kappa shape index (κ3) is 3.46. The topological polar surface area (TPSA) is 91.3 Å². The van der Waals surface area contributed by atoms with E-state index in [2.05, 4.69) is 27.5 Å². The molecule has 0 saturated carbocycles. The van der Waals surface area contributed by atoms with Crippen LogP contribution in [-0.4, -0.2) is 46.5 Å². The van der Waals surface area contributed by atoms with Gasteiger partial charge in [-0.2, -0.15) is 0 Å². The van der Waals surface area contributed by atoms with E-state index in [-0.39, 0.29) is 11.0 Å². The van der Waals surface area contributed by atoms with Crippen molar-refractivity contribution in [3.63, 3.8) is 0 Å². The normalized spacial score (nSPS) is 15.7. The van der Waals surface area contributed by atoms with Crippen molar-refractivity contribution in [3.05, 3.63) is 28.9 Å². The number of aromatic amines is 1. The molecule has 1 aliphatic heterocycles. The predicted octanol–water partition coefficient (Wildman–Crippen LogP) is 1.82. The number of ether oxygens (including phenoxy) is 1. The summed E-state index contributed by atoms with van der Waals surface area (Å²) in [5, 5.41) is 1.94. The van der Waals surface area contributed by atoms with Gasteiger partial charge in [0.1, 0.15) is 5.15 Å². The molecule has 3 rings (SSSR count). The molecule has 0 spiro atoms. The second-order valence-electron chi connectivity index (χ2n) is 4.40. The number of halogens is 1. The van der Waals surface area contributed by atoms with E-state index in [1.807, 2.05) is 6.92 Å². The van der Waals surface area contributed by atoms with Gasteiger partial charge in [0.2, 0.25) is 0 Å². The number of hydrogen-bond acceptors (Lipinski definition) is 3. The number of morpholine rings is 1. The minimum atomic E-state index is 0. The van der Waals surface area contributed by atoms with Crippen molar-refractivity contribution >= 4 is 34.5 Å². The fourth-order valence-corrected chi connectivity index (χ4v) is 3.25. The van der Waals surface area contributed by atoms with Gasteiger partial charge in [-0.15, -0.1) is 0 Å². The van der Waals surface area contributed by atoms with Crippen LogP contribution in [-0.2, 0) is 4.74 Å². The average Bonchev–Trinajstić information content (AvgIpc) is 2.67. The van der Waals surface area contributed by atoms with Gasteiger partial charge in [0, 0.05) is 28.9 Å². The Morgan fingerprint density at radius 1 is 1.25 bits per heavy atom. The van der Waals surface area contributed by atoms with Crippen molar-refractivity contribution in [2.24, 2.45) is 0 Å². The van der Waals surface area contributed by atoms with Gasteiger partial charge >= 0.3 is 0 Å². The van der Waals surface area contributed by atoms with Gasteiger partial charge in [0.15, 0.2) is 0 Å². The lowest BCUT2D eigenvalue weighted by Gasteiger charge is -2.25. The number of aromatic nitrogens is 1. The lowest BCUT2D eigenvalue weighted by atomic mass is 10.2. The molecule has 0 aliphatic carbocycles. The van der Waals surface area contributed by atoms with Gasteiger partial charge in [-0.3, -0.25) is 0 Å². The van der Waals surface area contributed by atoms with E-state index >= 15 is 0 Å². The van der Waals surface area contributed by atoms with Crippen LogP contribution in [0.15, 0.2) is 23.1 Å². The van der Waals surface area contributed by atoms with Gasteiger partial charge in [-0.05, 0) is 42.6 Å². The van der Waals surface area contributed by atoms with Crippen LogP contribution < -0.4 is 0 Å². The van der Waals surface area contributed by atoms with E-state index < -0.39 is 0 Å². The number of benzene rings is 1. The van der Waals surface area contributed by atoms with Crippen molar-refractivity contribution in [2.75, 3.05) is 26.3 Å². The molecule has 2 heterocycles. The molecule has 0 atom stereocenters. The highest BCUT2D eigenvalue weighted by Gasteiger charge is 2.13. The highest BCUT2D eigenvalue weighted by atomic mass is 35.5. The molecule has 112 valence electrons. The summed E-state index contributed by atoms with van der Waals surface area (Å²) in [7, 11) is 0. The number of aryl methyl sites for hydroxylation is 1. The Balaban J connectivity index is 0.000001000. The molecule has 5 N–H and O–H groups in total. The zero-order chi connectivity index (χ0) is 12.5. The van der Waals surface area contributed by atoms with Crippen molar-refractivity contribution in [3.8, 4) is 0 Å². The van der Waals surface area contributed by atoms with E-state index in [0.29, 0.717) is 0 Å². The van der Waals surface area contributed by atoms with Crippen molar-refractivity contribution in [2.45, 2.75) is 11.8 Å². The molecule has 1 aromatic heterocycles. The second kappa shape index (κ2) is 7.31. The van der Waals surface area contributed by atoms with E-state index in [1.54, 1.807) is 11.9 Å². The summed E-state index contributed by atoms with van der Waals surface area (Å²) in [6.45, 7) is 5.66. The molecule has 20 heavy (non-hydrogen) atoms. The maximum atomic E-state index is 6.11. The van der Waals surface area contributed by atoms with Crippen LogP contribution in [0.25, 0.3) is 10.9 Å². The molecule has 1 aliphatic rings. The van der Waals surface area contributed by atoms with E-state index in [9.17, 15) is 0 Å². The molecule has 5 nitrogen and oxygen atoms in total. The third-order valence-electron chi connectivity index (χ3n) is 3.17. The second-order valence-corrected chi connectivity index (χ2v) is 5.95. The van der Waals surface area contributed by atoms with Crippen LogP contribution in [0.2, 0.25) is 5.15 Å². The maximum absolute atomic E-state index is 6.11. The fourth-order valence-electron chi connectivity index (χ4n) is 2.12. The molecule has 1 fully saturated rings. The number of hydrogen-bond donors (Lipinski definition) is 1. The predicted molar refractivity (Wildman–Crippen MR) is 83.5 cm³/mol. The van der Waals surface area contributed by atoms with Gasteiger partial charge in [-0.1, -0.05) is 11.6 Å². The molecule has 7 heteroatoms. The summed E-state index contributed by atoms with van der Waals surface area (Å²) in [6, 6.07) is 6.43. The van der Waals surface area contributed by atoms with Gasteiger partial charge in [-0.25, -0.2) is 4.31 Å². The standard InChI is InChI=1S/C13H15ClN2OS.2H2O/c1-9-11-8-10(2-3-12(11)15-13(9)14)18-16-4-6-17-7-5-16;;/h2-3,8,15H,4-7H2,1H3;2*1H2. The molecular formula is C13H19ClN2O3S. The lowest BCUT2D eigenvalue weighted by molar-refractivity contribution is 0.0773. The highest BCUT2D eigenvalue weighted by molar-refractivity contribution is 7.97. The number of nitrogens with one attached hydrogen (secondary N) is 1. The van der Waals surface area contributed by atoms with Crippen LogP contribution in [0, 0.1) is 6.92 Å². The van der Waals surface area contributed by atoms with Crippen molar-refractivity contribution < 1.29 is 15.7 Å². The first kappa shape index (κ1) is 17.3. The first-order valence-corrected chi connectivity index (χ1v) is 7.17. The largest absolute Gasteiger partial charge is 0.412 e. The monoisotopic (exact) mass is 318 g/mol. The van der Waals surface area contributed by atoms with Crippen LogP contribution in [0.1, 0.15) is 5.56 Å². The zero-order valence-electron chi connectivity index (χ0n) is 11.2. The van der Waals surface area contributed by atoms with Crippen LogP contribution in [0.5, 0.6) is 0 Å². The minimum absolute atomic E-state index is 0. The Kier molecular flexibility index (Phi) is 6.32. The van der Waals surface area contributed by atoms with E-state index in [0.717, 1.165) is 42.5 Å². The van der Waals surface area contributed by atoms with Crippen LogP contribution >= 0.6 is 23.5 Å². The SMILES string of the molecule is Cc1c(Cl)[nH]c2ccc(SN3CCOCC3)cc12.O.O. The van der Waals surface area contributed by atoms with Gasteiger partial charge < -0.3 is 20.7 Å². The Morgan fingerprint density at radius 2 is 1.95 bits per heavy atom. The first-order chi connectivity index (χ1) is 8.74. The molecule has 0 amide bonds. The third-order valence-corrected chi connectivity index (χ3v) is 4.64. The molecule has 2 aromatic rings. The Labute approximate surface area is 127 Å². The molecule has 0 radical (unpaired) electrons. The Morgan fingerprint density at radius 3 is 2.65 bits per heavy atom. The molecule has 1 aromatic carbocycles. The summed E-state index contributed by atoms with van der Waals surface area (Å²) in [5.41, 5.74) is 2.22. The molecule has 1 saturated heterocycles. The highest BCUT2D eigenvalue weighted by Crippen LogP contribution is 2.31. The quantitative estimate of drug-likeness (QED) is 0.856. The lowest BCUT2D eigenvalue weighted by Crippen LogP contribution is -2.30. The Bertz CT molecular complexity index is 570. The summed E-state index contributed by atoms with van der Waals surface area (Å²) in [5.74, 6) is 0. The summed E-state index contributed by atoms with van der Waals surface area (Å²) in [6.07, 6.45) is 0. The number of H-pyrrole nitrogens is 1. The molecule has 0 bridgehead atoms. The fraction of sp³-hybridized carbons (Fsp3) is 0.385. The molecular weight excluding hydrogens is 300 g/mol. The van der Waals surface area contributed by atoms with Crippen LogP contribution in [0.3, 0.4) is 0 Å². The average molecular weight is 319 g/mol. The minimum Gasteiger partial charge on any atom is -0.412 e. The van der Waals surface area contributed by atoms with E-state index in [1.165, 1.54) is 10.3 Å². The summed E-state index contributed by atoms with van der Waals surface area (Å²) >= 11 is 7.90. The van der Waals surface area contributed by atoms with Crippen molar-refractivity contribution in [1.29, 1.82) is 0 Å². The molecule has 0 unspecified atom stereocenters. The first-order valence-electron chi connectivity index (χ1n) is 6.02.